The van der Waals surface area contributed by atoms with Gasteiger partial charge in [0, 0.05) is 0 Å². The zero-order chi connectivity index (χ0) is 8.31. The largest absolute Gasteiger partial charge is 2.00 e. The van der Waals surface area contributed by atoms with E-state index in [9.17, 15) is 9.59 Å². The number of carbonyl (C=O) groups is 2. The number of carboxylic acids is 2. The molecule has 0 saturated heterocycles. The Bertz CT molecular complexity index is 153. The number of aliphatic hydroxyl groups excluding tert-OH is 2. The molecule has 0 aliphatic heterocycles. The summed E-state index contributed by atoms with van der Waals surface area (Å²) in [4.78, 5) is 19.5. The molecule has 0 aromatic rings. The van der Waals surface area contributed by atoms with Gasteiger partial charge < -0.3 is 89.0 Å². The molecular formula is C4H22CaCl2O14. The standard InChI is InChI=1S/C4H6O6.Ca.2ClH.8H2O/c5-1(3(7)8)2(6)4(9)10;;;;;;;;;;;/h1-2,5-6H,(H,7,8)(H,9,10);;2*1H;8*1H2/q;+2;;;;;;;;;;/p-2. The number of hydrogen-bond donors (Lipinski definition) is 4. The van der Waals surface area contributed by atoms with Gasteiger partial charge in [-0.3, -0.25) is 0 Å². The molecule has 17 heteroatoms. The maximum absolute atomic E-state index is 9.77. The molecule has 0 aromatic heterocycles. The maximum Gasteiger partial charge on any atom is 2.00 e. The Kier molecular flexibility index (Phi) is 240. The van der Waals surface area contributed by atoms with Crippen molar-refractivity contribution < 1.29 is 98.6 Å². The fourth-order valence-corrected chi connectivity index (χ4v) is 0.270. The van der Waals surface area contributed by atoms with Crippen molar-refractivity contribution in [3.63, 3.8) is 0 Å². The molecule has 0 saturated carbocycles. The summed E-state index contributed by atoms with van der Waals surface area (Å²) in [6.45, 7) is 0. The number of aliphatic hydroxyl groups is 2. The van der Waals surface area contributed by atoms with Crippen LogP contribution in [0.4, 0.5) is 0 Å². The first-order valence-corrected chi connectivity index (χ1v) is 2.28. The van der Waals surface area contributed by atoms with E-state index >= 15 is 0 Å². The van der Waals surface area contributed by atoms with Crippen LogP contribution < -0.4 is 24.8 Å². The Morgan fingerprint density at radius 3 is 0.714 bits per heavy atom. The van der Waals surface area contributed by atoms with Crippen LogP contribution in [0.5, 0.6) is 0 Å². The molecule has 0 radical (unpaired) electrons. The van der Waals surface area contributed by atoms with Gasteiger partial charge in [-0.15, -0.1) is 0 Å². The van der Waals surface area contributed by atoms with E-state index in [0.29, 0.717) is 0 Å². The van der Waals surface area contributed by atoms with E-state index in [1.807, 2.05) is 0 Å². The monoisotopic (exact) mass is 404 g/mol. The zero-order valence-electron chi connectivity index (χ0n) is 10.2. The van der Waals surface area contributed by atoms with Gasteiger partial charge in [-0.25, -0.2) is 9.59 Å². The molecule has 21 heavy (non-hydrogen) atoms. The zero-order valence-corrected chi connectivity index (χ0v) is 13.9. The van der Waals surface area contributed by atoms with Crippen molar-refractivity contribution in [2.45, 2.75) is 12.2 Å². The molecular weight excluding hydrogens is 383 g/mol. The van der Waals surface area contributed by atoms with E-state index in [-0.39, 0.29) is 106 Å². The summed E-state index contributed by atoms with van der Waals surface area (Å²) in [7, 11) is 0. The van der Waals surface area contributed by atoms with Crippen LogP contribution in [-0.2, 0) is 9.59 Å². The average Bonchev–Trinajstić information content (AvgIpc) is 1.84. The Morgan fingerprint density at radius 1 is 0.571 bits per heavy atom. The molecule has 0 aliphatic carbocycles. The summed E-state index contributed by atoms with van der Waals surface area (Å²) in [6, 6.07) is 0. The smallest absolute Gasteiger partial charge is 1.00 e. The molecule has 0 bridgehead atoms. The van der Waals surface area contributed by atoms with E-state index < -0.39 is 24.1 Å². The molecule has 0 amide bonds. The Labute approximate surface area is 160 Å². The van der Waals surface area contributed by atoms with Gasteiger partial charge in [-0.2, -0.15) is 0 Å². The number of hydrogen-bond acceptors (Lipinski definition) is 4. The molecule has 0 spiro atoms. The first-order valence-electron chi connectivity index (χ1n) is 2.28. The summed E-state index contributed by atoms with van der Waals surface area (Å²) in [5, 5.41) is 32.5. The van der Waals surface area contributed by atoms with E-state index in [0.717, 1.165) is 0 Å². The molecule has 14 nitrogen and oxygen atoms in total. The maximum atomic E-state index is 9.77. The van der Waals surface area contributed by atoms with Crippen LogP contribution in [0.25, 0.3) is 0 Å². The van der Waals surface area contributed by atoms with Crippen molar-refractivity contribution in [2.75, 3.05) is 0 Å². The van der Waals surface area contributed by atoms with E-state index in [2.05, 4.69) is 0 Å². The Morgan fingerprint density at radius 2 is 0.667 bits per heavy atom. The van der Waals surface area contributed by atoms with Crippen LogP contribution in [0.2, 0.25) is 0 Å². The third-order valence-electron chi connectivity index (χ3n) is 0.805. The Hall–Kier alpha value is 0.380. The quantitative estimate of drug-likeness (QED) is 0.330. The molecule has 0 aromatic carbocycles. The second-order valence-corrected chi connectivity index (χ2v) is 1.57. The van der Waals surface area contributed by atoms with Gasteiger partial charge in [-0.05, 0) is 0 Å². The molecule has 0 aliphatic rings. The van der Waals surface area contributed by atoms with Crippen molar-refractivity contribution in [1.29, 1.82) is 0 Å². The molecule has 0 fully saturated rings. The number of rotatable bonds is 3. The summed E-state index contributed by atoms with van der Waals surface area (Å²) in [5.41, 5.74) is 0. The average molecular weight is 405 g/mol. The number of carboxylic acid groups (broad SMARTS) is 2. The number of halogens is 2. The van der Waals surface area contributed by atoms with Gasteiger partial charge in [-0.1, -0.05) is 0 Å². The normalized spacial score (nSPS) is 7.52. The second-order valence-electron chi connectivity index (χ2n) is 1.57. The van der Waals surface area contributed by atoms with Gasteiger partial charge in [0.25, 0.3) is 0 Å². The third-order valence-corrected chi connectivity index (χ3v) is 0.805. The summed E-state index contributed by atoms with van der Waals surface area (Å²) in [6.07, 6.45) is -4.53. The van der Waals surface area contributed by atoms with Crippen molar-refractivity contribution in [1.82, 2.24) is 0 Å². The minimum atomic E-state index is -2.27. The summed E-state index contributed by atoms with van der Waals surface area (Å²) >= 11 is 0. The SMILES string of the molecule is O.O.O.O.O.O.O.O.O=C(O)C(O)C(O)C(=O)O.[Ca+2].[Cl-].[Cl-]. The topological polar surface area (TPSA) is 367 Å². The number of aliphatic carboxylic acids is 2. The van der Waals surface area contributed by atoms with Gasteiger partial charge in [0.1, 0.15) is 0 Å². The fraction of sp³-hybridized carbons (Fsp3) is 0.500. The molecule has 20 N–H and O–H groups in total. The summed E-state index contributed by atoms with van der Waals surface area (Å²) < 4.78 is 0. The third kappa shape index (κ3) is 44.9. The molecule has 2 unspecified atom stereocenters. The molecule has 0 heterocycles. The molecule has 138 valence electrons. The van der Waals surface area contributed by atoms with Crippen molar-refractivity contribution in [2.24, 2.45) is 0 Å². The predicted molar refractivity (Wildman–Crippen MR) is 61.9 cm³/mol. The summed E-state index contributed by atoms with van der Waals surface area (Å²) in [5.74, 6) is -3.54. The van der Waals surface area contributed by atoms with E-state index in [4.69, 9.17) is 20.4 Å². The first-order chi connectivity index (χ1) is 4.46. The minimum absolute atomic E-state index is 0. The predicted octanol–water partition coefficient (Wildman–Crippen LogP) is -15.1. The van der Waals surface area contributed by atoms with Crippen LogP contribution >= 0.6 is 0 Å². The van der Waals surface area contributed by atoms with Crippen LogP contribution in [0.15, 0.2) is 0 Å². The van der Waals surface area contributed by atoms with Gasteiger partial charge in [0.2, 0.25) is 0 Å². The van der Waals surface area contributed by atoms with Gasteiger partial charge >= 0.3 is 49.7 Å². The van der Waals surface area contributed by atoms with Crippen molar-refractivity contribution in [3.05, 3.63) is 0 Å². The Balaban J connectivity index is -0.00000000736. The van der Waals surface area contributed by atoms with Crippen molar-refractivity contribution >= 4 is 49.7 Å². The molecule has 0 rings (SSSR count). The van der Waals surface area contributed by atoms with Crippen LogP contribution in [0.3, 0.4) is 0 Å². The first kappa shape index (κ1) is 101. The molecule has 2 atom stereocenters. The van der Waals surface area contributed by atoms with E-state index in [1.165, 1.54) is 0 Å². The van der Waals surface area contributed by atoms with Crippen molar-refractivity contribution in [3.8, 4) is 0 Å². The van der Waals surface area contributed by atoms with Gasteiger partial charge in [0.05, 0.1) is 0 Å². The van der Waals surface area contributed by atoms with Gasteiger partial charge in [0.15, 0.2) is 12.2 Å². The second kappa shape index (κ2) is 49.9. The van der Waals surface area contributed by atoms with E-state index in [1.54, 1.807) is 0 Å². The van der Waals surface area contributed by atoms with Crippen LogP contribution in [0, 0.1) is 0 Å². The van der Waals surface area contributed by atoms with Crippen LogP contribution in [0.1, 0.15) is 0 Å². The fourth-order valence-electron chi connectivity index (χ4n) is 0.270. The van der Waals surface area contributed by atoms with Crippen LogP contribution in [-0.4, -0.2) is 126 Å². The minimum Gasteiger partial charge on any atom is -1.00 e.